The van der Waals surface area contributed by atoms with Crippen LogP contribution in [0.5, 0.6) is 0 Å². The molecule has 0 saturated heterocycles. The topological polar surface area (TPSA) is 21.3 Å². The normalized spacial score (nSPS) is 17.1. The molecule has 0 aromatic heterocycles. The van der Waals surface area contributed by atoms with Gasteiger partial charge in [0, 0.05) is 24.7 Å². The summed E-state index contributed by atoms with van der Waals surface area (Å²) < 4.78 is 6.22. The zero-order chi connectivity index (χ0) is 12.1. The highest BCUT2D eigenvalue weighted by Crippen LogP contribution is 2.47. The van der Waals surface area contributed by atoms with Crippen LogP contribution in [0.3, 0.4) is 0 Å². The number of hydrogen-bond acceptors (Lipinski definition) is 2. The third kappa shape index (κ3) is 4.09. The zero-order valence-electron chi connectivity index (χ0n) is 10.3. The van der Waals surface area contributed by atoms with Gasteiger partial charge < -0.3 is 10.1 Å². The van der Waals surface area contributed by atoms with Crippen molar-refractivity contribution in [2.45, 2.75) is 19.3 Å². The second-order valence-electron chi connectivity index (χ2n) is 4.98. The zero-order valence-corrected chi connectivity index (χ0v) is 11.9. The average Bonchev–Trinajstić information content (AvgIpc) is 3.05. The molecule has 0 atom stereocenters. The fourth-order valence-electron chi connectivity index (χ4n) is 2.20. The van der Waals surface area contributed by atoms with E-state index in [1.54, 1.807) is 7.11 Å². The molecule has 2 rings (SSSR count). The number of benzene rings is 1. The Labute approximate surface area is 112 Å². The van der Waals surface area contributed by atoms with Crippen molar-refractivity contribution in [2.24, 2.45) is 5.41 Å². The number of halogens is 1. The monoisotopic (exact) mass is 297 g/mol. The van der Waals surface area contributed by atoms with Crippen LogP contribution in [0.1, 0.15) is 18.4 Å². The van der Waals surface area contributed by atoms with Crippen molar-refractivity contribution in [1.82, 2.24) is 5.32 Å². The molecule has 1 aromatic rings. The van der Waals surface area contributed by atoms with E-state index in [9.17, 15) is 0 Å². The van der Waals surface area contributed by atoms with E-state index in [2.05, 4.69) is 45.5 Å². The Morgan fingerprint density at radius 3 is 2.88 bits per heavy atom. The summed E-state index contributed by atoms with van der Waals surface area (Å²) in [7, 11) is 1.75. The number of methoxy groups -OCH3 is 1. The minimum absolute atomic E-state index is 0.508. The fraction of sp³-hybridized carbons (Fsp3) is 0.571. The van der Waals surface area contributed by atoms with Gasteiger partial charge in [-0.15, -0.1) is 0 Å². The molecule has 1 aliphatic rings. The highest BCUT2D eigenvalue weighted by molar-refractivity contribution is 9.10. The van der Waals surface area contributed by atoms with Crippen LogP contribution in [-0.2, 0) is 11.2 Å². The van der Waals surface area contributed by atoms with Crippen LogP contribution in [-0.4, -0.2) is 26.8 Å². The molecule has 0 heterocycles. The highest BCUT2D eigenvalue weighted by atomic mass is 79.9. The van der Waals surface area contributed by atoms with Gasteiger partial charge in [-0.2, -0.15) is 0 Å². The van der Waals surface area contributed by atoms with Gasteiger partial charge in [0.1, 0.15) is 0 Å². The van der Waals surface area contributed by atoms with Crippen LogP contribution in [0.25, 0.3) is 0 Å². The standard InChI is InChI=1S/C14H20BrNO/c1-17-8-7-16-11-14(5-6-14)10-12-3-2-4-13(15)9-12/h2-4,9,16H,5-8,10-11H2,1H3. The fourth-order valence-corrected chi connectivity index (χ4v) is 2.65. The molecule has 0 spiro atoms. The van der Waals surface area contributed by atoms with Gasteiger partial charge in [0.15, 0.2) is 0 Å². The summed E-state index contributed by atoms with van der Waals surface area (Å²) in [6.07, 6.45) is 3.88. The maximum absolute atomic E-state index is 5.04. The quantitative estimate of drug-likeness (QED) is 0.781. The lowest BCUT2D eigenvalue weighted by Gasteiger charge is -2.16. The van der Waals surface area contributed by atoms with Gasteiger partial charge in [-0.25, -0.2) is 0 Å². The summed E-state index contributed by atoms with van der Waals surface area (Å²) in [6, 6.07) is 8.66. The van der Waals surface area contributed by atoms with Gasteiger partial charge in [0.2, 0.25) is 0 Å². The minimum Gasteiger partial charge on any atom is -0.383 e. The lowest BCUT2D eigenvalue weighted by atomic mass is 9.96. The first-order valence-corrected chi connectivity index (χ1v) is 6.98. The van der Waals surface area contributed by atoms with E-state index in [0.29, 0.717) is 5.41 Å². The molecular weight excluding hydrogens is 278 g/mol. The molecule has 0 amide bonds. The molecular formula is C14H20BrNO. The van der Waals surface area contributed by atoms with Crippen molar-refractivity contribution in [3.05, 3.63) is 34.3 Å². The SMILES string of the molecule is COCCNCC1(Cc2cccc(Br)c2)CC1. The second-order valence-corrected chi connectivity index (χ2v) is 5.89. The van der Waals surface area contributed by atoms with Crippen LogP contribution < -0.4 is 5.32 Å². The number of nitrogens with one attached hydrogen (secondary N) is 1. The molecule has 2 nitrogen and oxygen atoms in total. The molecule has 0 aliphatic heterocycles. The van der Waals surface area contributed by atoms with Gasteiger partial charge in [-0.1, -0.05) is 28.1 Å². The van der Waals surface area contributed by atoms with Crippen LogP contribution in [0.4, 0.5) is 0 Å². The van der Waals surface area contributed by atoms with E-state index in [-0.39, 0.29) is 0 Å². The third-order valence-corrected chi connectivity index (χ3v) is 3.90. The Balaban J connectivity index is 1.81. The number of hydrogen-bond donors (Lipinski definition) is 1. The lowest BCUT2D eigenvalue weighted by molar-refractivity contribution is 0.197. The first kappa shape index (κ1) is 13.1. The first-order chi connectivity index (χ1) is 8.24. The molecule has 17 heavy (non-hydrogen) atoms. The maximum atomic E-state index is 5.04. The van der Waals surface area contributed by atoms with E-state index >= 15 is 0 Å². The Hall–Kier alpha value is -0.380. The van der Waals surface area contributed by atoms with Crippen LogP contribution in [0.2, 0.25) is 0 Å². The van der Waals surface area contributed by atoms with Gasteiger partial charge in [0.25, 0.3) is 0 Å². The summed E-state index contributed by atoms with van der Waals surface area (Å²) in [5, 5.41) is 3.49. The van der Waals surface area contributed by atoms with Gasteiger partial charge in [0.05, 0.1) is 6.61 Å². The first-order valence-electron chi connectivity index (χ1n) is 6.18. The van der Waals surface area contributed by atoms with Crippen LogP contribution >= 0.6 is 15.9 Å². The van der Waals surface area contributed by atoms with Crippen LogP contribution in [0, 0.1) is 5.41 Å². The molecule has 1 aromatic carbocycles. The van der Waals surface area contributed by atoms with E-state index < -0.39 is 0 Å². The van der Waals surface area contributed by atoms with Gasteiger partial charge in [-0.3, -0.25) is 0 Å². The average molecular weight is 298 g/mol. The molecule has 1 N–H and O–H groups in total. The minimum atomic E-state index is 0.508. The molecule has 1 aliphatic carbocycles. The summed E-state index contributed by atoms with van der Waals surface area (Å²) in [5.41, 5.74) is 1.94. The molecule has 3 heteroatoms. The Morgan fingerprint density at radius 2 is 2.24 bits per heavy atom. The Kier molecular flexibility index (Phi) is 4.60. The summed E-state index contributed by atoms with van der Waals surface area (Å²) in [5.74, 6) is 0. The molecule has 0 bridgehead atoms. The highest BCUT2D eigenvalue weighted by Gasteiger charge is 2.41. The molecule has 94 valence electrons. The molecule has 1 fully saturated rings. The Bertz CT molecular complexity index is 363. The molecule has 0 unspecified atom stereocenters. The molecule has 0 radical (unpaired) electrons. The summed E-state index contributed by atoms with van der Waals surface area (Å²) in [6.45, 7) is 2.87. The van der Waals surface area contributed by atoms with Crippen molar-refractivity contribution in [1.29, 1.82) is 0 Å². The Morgan fingerprint density at radius 1 is 1.41 bits per heavy atom. The predicted octanol–water partition coefficient (Wildman–Crippen LogP) is 3.01. The van der Waals surface area contributed by atoms with E-state index in [4.69, 9.17) is 4.74 Å². The van der Waals surface area contributed by atoms with Crippen molar-refractivity contribution in [3.63, 3.8) is 0 Å². The largest absolute Gasteiger partial charge is 0.383 e. The smallest absolute Gasteiger partial charge is 0.0587 e. The summed E-state index contributed by atoms with van der Waals surface area (Å²) >= 11 is 3.53. The van der Waals surface area contributed by atoms with Crippen molar-refractivity contribution >= 4 is 15.9 Å². The van der Waals surface area contributed by atoms with Crippen molar-refractivity contribution < 1.29 is 4.74 Å². The van der Waals surface area contributed by atoms with E-state index in [0.717, 1.165) is 19.7 Å². The molecule has 1 saturated carbocycles. The number of rotatable bonds is 7. The van der Waals surface area contributed by atoms with Crippen molar-refractivity contribution in [2.75, 3.05) is 26.8 Å². The summed E-state index contributed by atoms with van der Waals surface area (Å²) in [4.78, 5) is 0. The second kappa shape index (κ2) is 5.98. The number of ether oxygens (including phenoxy) is 1. The maximum Gasteiger partial charge on any atom is 0.0587 e. The predicted molar refractivity (Wildman–Crippen MR) is 74.3 cm³/mol. The van der Waals surface area contributed by atoms with Gasteiger partial charge in [-0.05, 0) is 42.4 Å². The lowest BCUT2D eigenvalue weighted by Crippen LogP contribution is -2.28. The van der Waals surface area contributed by atoms with E-state index in [1.807, 2.05) is 0 Å². The van der Waals surface area contributed by atoms with E-state index in [1.165, 1.54) is 29.3 Å². The third-order valence-electron chi connectivity index (χ3n) is 3.41. The van der Waals surface area contributed by atoms with Gasteiger partial charge >= 0.3 is 0 Å². The van der Waals surface area contributed by atoms with Crippen LogP contribution in [0.15, 0.2) is 28.7 Å². The van der Waals surface area contributed by atoms with Crippen molar-refractivity contribution in [3.8, 4) is 0 Å².